The van der Waals surface area contributed by atoms with Crippen LogP contribution in [0.2, 0.25) is 0 Å². The van der Waals surface area contributed by atoms with E-state index in [0.717, 1.165) is 12.8 Å². The predicted octanol–water partition coefficient (Wildman–Crippen LogP) is 3.75. The molecule has 2 aliphatic carbocycles. The Kier molecular flexibility index (Phi) is 7.22. The van der Waals surface area contributed by atoms with Gasteiger partial charge in [0.1, 0.15) is 13.2 Å². The van der Waals surface area contributed by atoms with Crippen LogP contribution in [0, 0.1) is 0 Å². The van der Waals surface area contributed by atoms with Crippen LogP contribution < -0.4 is 10.6 Å². The van der Waals surface area contributed by atoms with E-state index in [9.17, 15) is 9.59 Å². The molecule has 2 aliphatic rings. The molecular weight excluding hydrogens is 404 g/mol. The molecule has 2 aromatic rings. The molecule has 2 N–H and O–H groups in total. The zero-order valence-corrected chi connectivity index (χ0v) is 18.8. The number of rotatable bonds is 9. The third kappa shape index (κ3) is 5.19. The van der Waals surface area contributed by atoms with E-state index in [0.29, 0.717) is 11.8 Å². The monoisotopic (exact) mass is 436 g/mol. The molecule has 0 saturated carbocycles. The molecule has 0 saturated heterocycles. The van der Waals surface area contributed by atoms with E-state index < -0.39 is 0 Å². The summed E-state index contributed by atoms with van der Waals surface area (Å²) in [7, 11) is 0. The summed E-state index contributed by atoms with van der Waals surface area (Å²) in [6.07, 6.45) is 1.82. The van der Waals surface area contributed by atoms with E-state index in [4.69, 9.17) is 9.47 Å². The molecule has 32 heavy (non-hydrogen) atoms. The van der Waals surface area contributed by atoms with E-state index in [1.165, 1.54) is 22.3 Å². The molecule has 0 heterocycles. The van der Waals surface area contributed by atoms with Gasteiger partial charge in [-0.2, -0.15) is 0 Å². The number of amides is 2. The largest absolute Gasteiger partial charge is 0.369 e. The van der Waals surface area contributed by atoms with Crippen molar-refractivity contribution in [3.63, 3.8) is 0 Å². The van der Waals surface area contributed by atoms with E-state index in [-0.39, 0.29) is 50.3 Å². The van der Waals surface area contributed by atoms with Crippen LogP contribution in [0.4, 0.5) is 0 Å². The third-order valence-corrected chi connectivity index (χ3v) is 6.49. The van der Waals surface area contributed by atoms with Gasteiger partial charge in [-0.05, 0) is 46.9 Å². The minimum atomic E-state index is -0.134. The molecule has 170 valence electrons. The molecule has 0 fully saturated rings. The number of carbonyl (C=O) groups is 2. The Bertz CT molecular complexity index is 883. The van der Waals surface area contributed by atoms with Crippen molar-refractivity contribution in [2.24, 2.45) is 0 Å². The number of ether oxygens (including phenoxy) is 2. The highest BCUT2D eigenvalue weighted by molar-refractivity contribution is 5.78. The fraction of sp³-hybridized carbons (Fsp3) is 0.462. The Hall–Kier alpha value is -2.70. The first kappa shape index (κ1) is 22.5. The molecule has 0 spiro atoms. The first-order valence-electron chi connectivity index (χ1n) is 11.4. The van der Waals surface area contributed by atoms with E-state index in [1.807, 2.05) is 24.3 Å². The Morgan fingerprint density at radius 1 is 0.719 bits per heavy atom. The highest BCUT2D eigenvalue weighted by atomic mass is 16.5. The fourth-order valence-corrected chi connectivity index (χ4v) is 4.96. The van der Waals surface area contributed by atoms with E-state index in [1.54, 1.807) is 0 Å². The molecule has 2 aromatic carbocycles. The number of benzene rings is 2. The normalized spacial score (nSPS) is 23.4. The third-order valence-electron chi connectivity index (χ3n) is 6.49. The van der Waals surface area contributed by atoms with Crippen LogP contribution in [0.3, 0.4) is 0 Å². The second-order valence-electron chi connectivity index (χ2n) is 8.88. The van der Waals surface area contributed by atoms with Crippen LogP contribution in [-0.4, -0.2) is 38.2 Å². The molecule has 6 nitrogen and oxygen atoms in total. The van der Waals surface area contributed by atoms with Crippen molar-refractivity contribution >= 4 is 11.8 Å². The lowest BCUT2D eigenvalue weighted by molar-refractivity contribution is -0.130. The molecule has 6 heteroatoms. The first-order chi connectivity index (χ1) is 15.5. The van der Waals surface area contributed by atoms with E-state index in [2.05, 4.69) is 48.7 Å². The van der Waals surface area contributed by atoms with Crippen molar-refractivity contribution in [2.75, 3.05) is 26.4 Å². The first-order valence-corrected chi connectivity index (χ1v) is 11.4. The number of hydrogen-bond acceptors (Lipinski definition) is 4. The smallest absolute Gasteiger partial charge is 0.246 e. The van der Waals surface area contributed by atoms with Crippen molar-refractivity contribution < 1.29 is 19.1 Å². The highest BCUT2D eigenvalue weighted by Gasteiger charge is 2.29. The number of fused-ring (bicyclic) bond motifs is 2. The molecule has 4 atom stereocenters. The van der Waals surface area contributed by atoms with Gasteiger partial charge in [0, 0.05) is 0 Å². The maximum absolute atomic E-state index is 12.2. The predicted molar refractivity (Wildman–Crippen MR) is 122 cm³/mol. The number of hydrogen-bond donors (Lipinski definition) is 2. The van der Waals surface area contributed by atoms with Crippen LogP contribution in [0.25, 0.3) is 0 Å². The minimum Gasteiger partial charge on any atom is -0.369 e. The van der Waals surface area contributed by atoms with Gasteiger partial charge < -0.3 is 20.1 Å². The molecular formula is C26H32N2O4. The van der Waals surface area contributed by atoms with Crippen molar-refractivity contribution in [1.29, 1.82) is 0 Å². The van der Waals surface area contributed by atoms with E-state index >= 15 is 0 Å². The van der Waals surface area contributed by atoms with Gasteiger partial charge in [-0.3, -0.25) is 9.59 Å². The summed E-state index contributed by atoms with van der Waals surface area (Å²) >= 11 is 0. The summed E-state index contributed by atoms with van der Waals surface area (Å²) in [5.74, 6) is 0.618. The maximum atomic E-state index is 12.2. The summed E-state index contributed by atoms with van der Waals surface area (Å²) < 4.78 is 10.9. The standard InChI is InChI=1S/C26H32N2O4/c1-17-13-23(21-9-5-3-7-19(17)21)27-25(29)15-31-11-12-32-16-26(30)28-24-14-18(2)20-8-4-6-10-22(20)24/h3-10,17-18,23-24H,11-16H2,1-2H3,(H,27,29)(H,28,30). The molecule has 0 radical (unpaired) electrons. The molecule has 4 unspecified atom stereocenters. The van der Waals surface area contributed by atoms with Gasteiger partial charge >= 0.3 is 0 Å². The van der Waals surface area contributed by atoms with Gasteiger partial charge in [0.2, 0.25) is 11.8 Å². The Labute approximate surface area is 189 Å². The van der Waals surface area contributed by atoms with Gasteiger partial charge in [-0.15, -0.1) is 0 Å². The van der Waals surface area contributed by atoms with Crippen LogP contribution in [0.5, 0.6) is 0 Å². The molecule has 0 aromatic heterocycles. The SMILES string of the molecule is CC1CC(NC(=O)COCCOCC(=O)NC2CC(C)c3ccccc32)c2ccccc21. The van der Waals surface area contributed by atoms with Crippen LogP contribution >= 0.6 is 0 Å². The second-order valence-corrected chi connectivity index (χ2v) is 8.88. The number of carbonyl (C=O) groups excluding carboxylic acids is 2. The van der Waals surface area contributed by atoms with Crippen molar-refractivity contribution in [2.45, 2.75) is 50.6 Å². The molecule has 4 rings (SSSR count). The summed E-state index contributed by atoms with van der Waals surface area (Å²) in [4.78, 5) is 24.5. The lowest BCUT2D eigenvalue weighted by atomic mass is 10.0. The van der Waals surface area contributed by atoms with Crippen molar-refractivity contribution in [3.8, 4) is 0 Å². The topological polar surface area (TPSA) is 76.7 Å². The minimum absolute atomic E-state index is 0.0145. The lowest BCUT2D eigenvalue weighted by Gasteiger charge is -2.15. The summed E-state index contributed by atoms with van der Waals surface area (Å²) in [6.45, 7) is 4.87. The molecule has 0 aliphatic heterocycles. The van der Waals surface area contributed by atoms with Crippen LogP contribution in [0.15, 0.2) is 48.5 Å². The highest BCUT2D eigenvalue weighted by Crippen LogP contribution is 2.40. The van der Waals surface area contributed by atoms with Gasteiger partial charge in [-0.1, -0.05) is 62.4 Å². The lowest BCUT2D eigenvalue weighted by Crippen LogP contribution is -2.32. The zero-order chi connectivity index (χ0) is 22.5. The number of nitrogens with one attached hydrogen (secondary N) is 2. The Morgan fingerprint density at radius 2 is 1.09 bits per heavy atom. The van der Waals surface area contributed by atoms with Gasteiger partial charge in [0.15, 0.2) is 0 Å². The summed E-state index contributed by atoms with van der Waals surface area (Å²) in [6, 6.07) is 16.6. The van der Waals surface area contributed by atoms with Crippen molar-refractivity contribution in [3.05, 3.63) is 70.8 Å². The average molecular weight is 437 g/mol. The van der Waals surface area contributed by atoms with Crippen molar-refractivity contribution in [1.82, 2.24) is 10.6 Å². The molecule has 0 bridgehead atoms. The maximum Gasteiger partial charge on any atom is 0.246 e. The Balaban J connectivity index is 1.10. The van der Waals surface area contributed by atoms with Gasteiger partial charge in [0.25, 0.3) is 0 Å². The summed E-state index contributed by atoms with van der Waals surface area (Å²) in [5.41, 5.74) is 5.01. The quantitative estimate of drug-likeness (QED) is 0.587. The van der Waals surface area contributed by atoms with Gasteiger partial charge in [-0.25, -0.2) is 0 Å². The Morgan fingerprint density at radius 3 is 1.50 bits per heavy atom. The van der Waals surface area contributed by atoms with Gasteiger partial charge in [0.05, 0.1) is 25.3 Å². The fourth-order valence-electron chi connectivity index (χ4n) is 4.96. The second kappa shape index (κ2) is 10.3. The average Bonchev–Trinajstić information content (AvgIpc) is 3.27. The van der Waals surface area contributed by atoms with Crippen LogP contribution in [-0.2, 0) is 19.1 Å². The van der Waals surface area contributed by atoms with Crippen LogP contribution in [0.1, 0.15) is 72.9 Å². The zero-order valence-electron chi connectivity index (χ0n) is 18.8. The molecule has 2 amide bonds. The summed E-state index contributed by atoms with van der Waals surface area (Å²) in [5, 5.41) is 6.12.